The molecular weight excluding hydrogens is 608 g/mol. The van der Waals surface area contributed by atoms with Gasteiger partial charge < -0.3 is 23.9 Å². The first-order valence-electron chi connectivity index (χ1n) is 15.5. The minimum absolute atomic E-state index is 0.304. The molecule has 2 amide bonds. The lowest BCUT2D eigenvalue weighted by Crippen LogP contribution is -2.35. The van der Waals surface area contributed by atoms with Gasteiger partial charge in [0, 0.05) is 30.9 Å². The standard InChI is InChI=1S/C36H42N8O4/c1-21(39-33(45)47-35(3,4)5)37-25-15-17-27-29(19-25)43(9)31(41-27)23-11-13-24(14-12-23)32-42-28-18-16-26(20-30(28)44(32)10)38-22(2)40-34(46)48-36(6,7)8/h11-20,37H,1H2,2-10H3,(H,39,45)(H,38,40,46). The van der Waals surface area contributed by atoms with Crippen molar-refractivity contribution in [1.29, 1.82) is 0 Å². The van der Waals surface area contributed by atoms with Crippen molar-refractivity contribution < 1.29 is 19.1 Å². The van der Waals surface area contributed by atoms with Crippen LogP contribution in [0, 0.1) is 0 Å². The quantitative estimate of drug-likeness (QED) is 0.126. The summed E-state index contributed by atoms with van der Waals surface area (Å²) < 4.78 is 14.7. The fraction of sp³-hybridized carbons (Fsp3) is 0.306. The summed E-state index contributed by atoms with van der Waals surface area (Å²) in [7, 11) is 3.93. The molecule has 0 aliphatic rings. The van der Waals surface area contributed by atoms with Gasteiger partial charge in [-0.1, -0.05) is 30.8 Å². The molecule has 250 valence electrons. The van der Waals surface area contributed by atoms with Crippen LogP contribution in [0.5, 0.6) is 0 Å². The number of aromatic nitrogens is 4. The molecule has 0 aliphatic carbocycles. The zero-order chi connectivity index (χ0) is 35.0. The zero-order valence-corrected chi connectivity index (χ0v) is 28.8. The lowest BCUT2D eigenvalue weighted by molar-refractivity contribution is 0.0540. The molecule has 0 saturated carbocycles. The maximum Gasteiger partial charge on any atom is 0.413 e. The Bertz CT molecular complexity index is 2060. The molecule has 2 heterocycles. The average Bonchev–Trinajstić information content (AvgIpc) is 3.47. The number of amidine groups is 1. The number of rotatable bonds is 6. The van der Waals surface area contributed by atoms with E-state index in [9.17, 15) is 9.59 Å². The zero-order valence-electron chi connectivity index (χ0n) is 28.8. The number of benzene rings is 3. The van der Waals surface area contributed by atoms with Gasteiger partial charge in [0.2, 0.25) is 0 Å². The molecule has 0 spiro atoms. The Morgan fingerprint density at radius 3 is 1.73 bits per heavy atom. The van der Waals surface area contributed by atoms with Gasteiger partial charge in [-0.05, 0) is 84.9 Å². The third-order valence-corrected chi connectivity index (χ3v) is 7.07. The van der Waals surface area contributed by atoms with Crippen LogP contribution in [-0.2, 0) is 23.6 Å². The summed E-state index contributed by atoms with van der Waals surface area (Å²) in [5.74, 6) is 2.35. The summed E-state index contributed by atoms with van der Waals surface area (Å²) in [6.45, 7) is 16.4. The number of carbonyl (C=O) groups is 2. The van der Waals surface area contributed by atoms with Crippen molar-refractivity contribution in [1.82, 2.24) is 29.7 Å². The van der Waals surface area contributed by atoms with E-state index in [1.54, 1.807) is 27.7 Å². The minimum Gasteiger partial charge on any atom is -0.444 e. The van der Waals surface area contributed by atoms with Crippen molar-refractivity contribution in [2.24, 2.45) is 19.1 Å². The second kappa shape index (κ2) is 12.9. The van der Waals surface area contributed by atoms with Crippen LogP contribution in [0.25, 0.3) is 44.8 Å². The highest BCUT2D eigenvalue weighted by Crippen LogP contribution is 2.30. The highest BCUT2D eigenvalue weighted by atomic mass is 16.6. The van der Waals surface area contributed by atoms with Crippen LogP contribution in [0.1, 0.15) is 48.5 Å². The molecule has 0 atom stereocenters. The van der Waals surface area contributed by atoms with Crippen molar-refractivity contribution in [2.45, 2.75) is 59.7 Å². The van der Waals surface area contributed by atoms with Gasteiger partial charge in [-0.15, -0.1) is 0 Å². The number of anilines is 1. The van der Waals surface area contributed by atoms with Gasteiger partial charge in [-0.2, -0.15) is 0 Å². The second-order valence-electron chi connectivity index (χ2n) is 13.5. The van der Waals surface area contributed by atoms with Crippen molar-refractivity contribution >= 4 is 51.5 Å². The number of fused-ring (bicyclic) bond motifs is 2. The van der Waals surface area contributed by atoms with Gasteiger partial charge in [-0.25, -0.2) is 24.5 Å². The van der Waals surface area contributed by atoms with E-state index < -0.39 is 23.4 Å². The minimum atomic E-state index is -0.610. The van der Waals surface area contributed by atoms with E-state index in [0.29, 0.717) is 17.3 Å². The molecule has 0 saturated heterocycles. The first-order chi connectivity index (χ1) is 22.5. The number of amides is 2. The van der Waals surface area contributed by atoms with Crippen LogP contribution in [0.3, 0.4) is 0 Å². The summed E-state index contributed by atoms with van der Waals surface area (Å²) in [6.07, 6.45) is -1.13. The Morgan fingerprint density at radius 2 is 1.21 bits per heavy atom. The topological polar surface area (TPSA) is 137 Å². The molecule has 0 radical (unpaired) electrons. The summed E-state index contributed by atoms with van der Waals surface area (Å²) in [5, 5.41) is 8.39. The van der Waals surface area contributed by atoms with Crippen molar-refractivity contribution in [2.75, 3.05) is 5.32 Å². The van der Waals surface area contributed by atoms with Crippen molar-refractivity contribution in [3.05, 3.63) is 73.1 Å². The fourth-order valence-corrected chi connectivity index (χ4v) is 5.11. The van der Waals surface area contributed by atoms with E-state index in [0.717, 1.165) is 50.5 Å². The average molecular weight is 651 g/mol. The Balaban J connectivity index is 1.32. The SMILES string of the molecule is C=C(NC(=O)OC(C)(C)C)Nc1ccc2nc(-c3ccc(-c4nc5ccc(N=C(C)NC(=O)OC(C)(C)C)cc5n4C)cc3)n(C)c2c1. The van der Waals surface area contributed by atoms with E-state index in [2.05, 4.69) is 27.5 Å². The van der Waals surface area contributed by atoms with Gasteiger partial charge in [0.15, 0.2) is 0 Å². The maximum absolute atomic E-state index is 12.1. The summed E-state index contributed by atoms with van der Waals surface area (Å²) >= 11 is 0. The molecule has 3 N–H and O–H groups in total. The summed E-state index contributed by atoms with van der Waals surface area (Å²) in [6, 6.07) is 19.6. The first kappa shape index (κ1) is 33.7. The highest BCUT2D eigenvalue weighted by molar-refractivity contribution is 5.96. The van der Waals surface area contributed by atoms with E-state index >= 15 is 0 Å². The molecule has 0 bridgehead atoms. The van der Waals surface area contributed by atoms with Crippen LogP contribution < -0.4 is 16.0 Å². The van der Waals surface area contributed by atoms with Crippen LogP contribution in [-0.4, -0.2) is 48.3 Å². The van der Waals surface area contributed by atoms with Gasteiger partial charge in [0.25, 0.3) is 0 Å². The molecule has 0 fully saturated rings. The normalized spacial score (nSPS) is 12.2. The molecule has 5 rings (SSSR count). The largest absolute Gasteiger partial charge is 0.444 e. The third-order valence-electron chi connectivity index (χ3n) is 7.07. The van der Waals surface area contributed by atoms with E-state index in [4.69, 9.17) is 19.4 Å². The number of carbonyl (C=O) groups excluding carboxylic acids is 2. The monoisotopic (exact) mass is 650 g/mol. The highest BCUT2D eigenvalue weighted by Gasteiger charge is 2.18. The Labute approximate surface area is 279 Å². The molecule has 48 heavy (non-hydrogen) atoms. The van der Waals surface area contributed by atoms with E-state index in [-0.39, 0.29) is 0 Å². The van der Waals surface area contributed by atoms with Gasteiger partial charge >= 0.3 is 12.2 Å². The number of alkyl carbamates (subject to hydrolysis) is 2. The number of hydrogen-bond donors (Lipinski definition) is 3. The Kier molecular flexibility index (Phi) is 9.03. The molecule has 0 unspecified atom stereocenters. The Morgan fingerprint density at radius 1 is 0.729 bits per heavy atom. The van der Waals surface area contributed by atoms with E-state index in [1.807, 2.05) is 105 Å². The number of aliphatic imine (C=N–C) groups is 1. The molecular formula is C36H42N8O4. The fourth-order valence-electron chi connectivity index (χ4n) is 5.11. The number of hydrogen-bond acceptors (Lipinski definition) is 8. The first-order valence-corrected chi connectivity index (χ1v) is 15.5. The van der Waals surface area contributed by atoms with Crippen LogP contribution >= 0.6 is 0 Å². The van der Waals surface area contributed by atoms with E-state index in [1.165, 1.54) is 0 Å². The number of nitrogens with one attached hydrogen (secondary N) is 3. The van der Waals surface area contributed by atoms with Crippen LogP contribution in [0.15, 0.2) is 78.1 Å². The molecule has 12 heteroatoms. The van der Waals surface area contributed by atoms with Crippen molar-refractivity contribution in [3.63, 3.8) is 0 Å². The van der Waals surface area contributed by atoms with Crippen LogP contribution in [0.4, 0.5) is 21.0 Å². The van der Waals surface area contributed by atoms with Gasteiger partial charge in [0.1, 0.15) is 34.5 Å². The molecule has 12 nitrogen and oxygen atoms in total. The van der Waals surface area contributed by atoms with Crippen LogP contribution in [0.2, 0.25) is 0 Å². The lowest BCUT2D eigenvalue weighted by atomic mass is 10.1. The second-order valence-corrected chi connectivity index (χ2v) is 13.5. The Hall–Kier alpha value is -5.65. The molecule has 0 aliphatic heterocycles. The third kappa shape index (κ3) is 8.00. The summed E-state index contributed by atoms with van der Waals surface area (Å²) in [4.78, 5) is 38.5. The van der Waals surface area contributed by atoms with Gasteiger partial charge in [0.05, 0.1) is 27.8 Å². The van der Waals surface area contributed by atoms with Crippen molar-refractivity contribution in [3.8, 4) is 22.8 Å². The summed E-state index contributed by atoms with van der Waals surface area (Å²) in [5.41, 5.74) is 5.61. The number of imidazole rings is 2. The predicted molar refractivity (Wildman–Crippen MR) is 190 cm³/mol. The maximum atomic E-state index is 12.1. The number of nitrogens with zero attached hydrogens (tertiary/aromatic N) is 5. The number of ether oxygens (including phenoxy) is 2. The van der Waals surface area contributed by atoms with Gasteiger partial charge in [-0.3, -0.25) is 10.6 Å². The predicted octanol–water partition coefficient (Wildman–Crippen LogP) is 7.78. The molecule has 2 aromatic heterocycles. The molecule has 3 aromatic carbocycles. The smallest absolute Gasteiger partial charge is 0.413 e. The number of aryl methyl sites for hydroxylation is 2. The lowest BCUT2D eigenvalue weighted by Gasteiger charge is -2.20. The molecule has 5 aromatic rings.